The number of carbonyl (C=O) groups is 1. The molecule has 3 heterocycles. The van der Waals surface area contributed by atoms with E-state index in [2.05, 4.69) is 27.6 Å². The number of aryl methyl sites for hydroxylation is 2. The molecule has 1 unspecified atom stereocenters. The van der Waals surface area contributed by atoms with E-state index in [4.69, 9.17) is 0 Å². The molecule has 0 bridgehead atoms. The first-order chi connectivity index (χ1) is 9.48. The Morgan fingerprint density at radius 2 is 2.30 bits per heavy atom. The van der Waals surface area contributed by atoms with Gasteiger partial charge in [-0.05, 0) is 39.8 Å². The summed E-state index contributed by atoms with van der Waals surface area (Å²) in [6.07, 6.45) is 2.53. The number of aromatic nitrogens is 3. The maximum atomic E-state index is 12.5. The van der Waals surface area contributed by atoms with Gasteiger partial charge in [0.05, 0.1) is 11.7 Å². The van der Waals surface area contributed by atoms with Gasteiger partial charge in [-0.1, -0.05) is 0 Å². The Bertz CT molecular complexity index is 669. The van der Waals surface area contributed by atoms with Crippen molar-refractivity contribution in [1.29, 1.82) is 0 Å². The van der Waals surface area contributed by atoms with Gasteiger partial charge >= 0.3 is 0 Å². The summed E-state index contributed by atoms with van der Waals surface area (Å²) < 4.78 is 1.71. The summed E-state index contributed by atoms with van der Waals surface area (Å²) in [4.78, 5) is 16.9. The second kappa shape index (κ2) is 4.56. The molecule has 1 aliphatic heterocycles. The van der Waals surface area contributed by atoms with E-state index in [1.54, 1.807) is 10.7 Å². The molecule has 1 saturated heterocycles. The van der Waals surface area contributed by atoms with Crippen LogP contribution in [0.5, 0.6) is 0 Å². The number of nitrogens with zero attached hydrogens (tertiary/aromatic N) is 3. The highest BCUT2D eigenvalue weighted by molar-refractivity contribution is 6.00. The SMILES string of the molecule is Cc1cc(C)n2ncc(C(=O)NC3(C)CCNC3)c2n1. The summed E-state index contributed by atoms with van der Waals surface area (Å²) in [6, 6.07) is 1.95. The van der Waals surface area contributed by atoms with E-state index in [0.717, 1.165) is 30.9 Å². The number of hydrogen-bond donors (Lipinski definition) is 2. The minimum Gasteiger partial charge on any atom is -0.345 e. The van der Waals surface area contributed by atoms with Crippen molar-refractivity contribution in [2.24, 2.45) is 0 Å². The molecular weight excluding hydrogens is 254 g/mol. The van der Waals surface area contributed by atoms with Gasteiger partial charge < -0.3 is 10.6 Å². The van der Waals surface area contributed by atoms with Crippen LogP contribution in [0.3, 0.4) is 0 Å². The van der Waals surface area contributed by atoms with E-state index < -0.39 is 0 Å². The van der Waals surface area contributed by atoms with E-state index in [1.165, 1.54) is 0 Å². The van der Waals surface area contributed by atoms with Gasteiger partial charge in [-0.15, -0.1) is 0 Å². The van der Waals surface area contributed by atoms with Gasteiger partial charge in [-0.25, -0.2) is 9.50 Å². The fraction of sp³-hybridized carbons (Fsp3) is 0.500. The lowest BCUT2D eigenvalue weighted by molar-refractivity contribution is 0.0914. The monoisotopic (exact) mass is 273 g/mol. The topological polar surface area (TPSA) is 71.3 Å². The van der Waals surface area contributed by atoms with Crippen molar-refractivity contribution in [2.75, 3.05) is 13.1 Å². The lowest BCUT2D eigenvalue weighted by Gasteiger charge is -2.24. The van der Waals surface area contributed by atoms with E-state index in [1.807, 2.05) is 19.9 Å². The van der Waals surface area contributed by atoms with Crippen LogP contribution in [0.15, 0.2) is 12.3 Å². The van der Waals surface area contributed by atoms with Crippen molar-refractivity contribution >= 4 is 11.6 Å². The molecule has 1 atom stereocenters. The zero-order valence-electron chi connectivity index (χ0n) is 12.0. The number of nitrogens with one attached hydrogen (secondary N) is 2. The van der Waals surface area contributed by atoms with Crippen LogP contribution >= 0.6 is 0 Å². The largest absolute Gasteiger partial charge is 0.345 e. The quantitative estimate of drug-likeness (QED) is 0.850. The van der Waals surface area contributed by atoms with E-state index >= 15 is 0 Å². The first kappa shape index (κ1) is 13.1. The predicted molar refractivity (Wildman–Crippen MR) is 75.8 cm³/mol. The Balaban J connectivity index is 1.96. The summed E-state index contributed by atoms with van der Waals surface area (Å²) >= 11 is 0. The summed E-state index contributed by atoms with van der Waals surface area (Å²) in [5.74, 6) is -0.108. The normalized spacial score (nSPS) is 22.4. The maximum Gasteiger partial charge on any atom is 0.257 e. The smallest absolute Gasteiger partial charge is 0.257 e. The first-order valence-electron chi connectivity index (χ1n) is 6.84. The van der Waals surface area contributed by atoms with Crippen molar-refractivity contribution in [2.45, 2.75) is 32.7 Å². The zero-order chi connectivity index (χ0) is 14.3. The molecule has 2 aromatic heterocycles. The van der Waals surface area contributed by atoms with Crippen LogP contribution in [0.4, 0.5) is 0 Å². The Hall–Kier alpha value is -1.95. The van der Waals surface area contributed by atoms with Gasteiger partial charge in [-0.2, -0.15) is 5.10 Å². The van der Waals surface area contributed by atoms with Gasteiger partial charge in [-0.3, -0.25) is 4.79 Å². The molecule has 0 radical (unpaired) electrons. The summed E-state index contributed by atoms with van der Waals surface area (Å²) in [5.41, 5.74) is 2.82. The summed E-state index contributed by atoms with van der Waals surface area (Å²) in [5, 5.41) is 10.6. The molecule has 20 heavy (non-hydrogen) atoms. The number of carbonyl (C=O) groups excluding carboxylic acids is 1. The van der Waals surface area contributed by atoms with Crippen molar-refractivity contribution < 1.29 is 4.79 Å². The highest BCUT2D eigenvalue weighted by Gasteiger charge is 2.31. The second-order valence-electron chi connectivity index (χ2n) is 5.77. The minimum absolute atomic E-state index is 0.108. The lowest BCUT2D eigenvalue weighted by atomic mass is 10.0. The van der Waals surface area contributed by atoms with Crippen LogP contribution in [0, 0.1) is 13.8 Å². The number of amides is 1. The van der Waals surface area contributed by atoms with Crippen LogP contribution < -0.4 is 10.6 Å². The average molecular weight is 273 g/mol. The van der Waals surface area contributed by atoms with Gasteiger partial charge in [0.25, 0.3) is 5.91 Å². The highest BCUT2D eigenvalue weighted by Crippen LogP contribution is 2.17. The Morgan fingerprint density at radius 3 is 3.00 bits per heavy atom. The molecule has 1 aliphatic rings. The zero-order valence-corrected chi connectivity index (χ0v) is 12.0. The van der Waals surface area contributed by atoms with Gasteiger partial charge in [0.15, 0.2) is 5.65 Å². The molecular formula is C14H19N5O. The molecule has 6 heteroatoms. The van der Waals surface area contributed by atoms with E-state index in [-0.39, 0.29) is 11.4 Å². The lowest BCUT2D eigenvalue weighted by Crippen LogP contribution is -2.47. The van der Waals surface area contributed by atoms with Crippen LogP contribution in [0.25, 0.3) is 5.65 Å². The molecule has 0 saturated carbocycles. The third kappa shape index (κ3) is 2.16. The van der Waals surface area contributed by atoms with Crippen molar-refractivity contribution in [3.8, 4) is 0 Å². The number of rotatable bonds is 2. The fourth-order valence-corrected chi connectivity index (χ4v) is 2.70. The third-order valence-corrected chi connectivity index (χ3v) is 3.81. The van der Waals surface area contributed by atoms with Crippen molar-refractivity contribution in [3.63, 3.8) is 0 Å². The van der Waals surface area contributed by atoms with Crippen molar-refractivity contribution in [1.82, 2.24) is 25.2 Å². The van der Waals surface area contributed by atoms with Gasteiger partial charge in [0.2, 0.25) is 0 Å². The molecule has 0 aliphatic carbocycles. The second-order valence-corrected chi connectivity index (χ2v) is 5.77. The van der Waals surface area contributed by atoms with Gasteiger partial charge in [0, 0.05) is 17.9 Å². The van der Waals surface area contributed by atoms with E-state index in [9.17, 15) is 4.79 Å². The fourth-order valence-electron chi connectivity index (χ4n) is 2.70. The molecule has 2 N–H and O–H groups in total. The molecule has 0 spiro atoms. The van der Waals surface area contributed by atoms with Crippen LogP contribution in [-0.4, -0.2) is 39.1 Å². The molecule has 1 amide bonds. The van der Waals surface area contributed by atoms with Crippen LogP contribution in [0.1, 0.15) is 35.1 Å². The van der Waals surface area contributed by atoms with Gasteiger partial charge in [0.1, 0.15) is 5.56 Å². The third-order valence-electron chi connectivity index (χ3n) is 3.81. The highest BCUT2D eigenvalue weighted by atomic mass is 16.1. The first-order valence-corrected chi connectivity index (χ1v) is 6.84. The Kier molecular flexibility index (Phi) is 2.97. The van der Waals surface area contributed by atoms with Crippen molar-refractivity contribution in [3.05, 3.63) is 29.2 Å². The molecule has 3 rings (SSSR count). The summed E-state index contributed by atoms with van der Waals surface area (Å²) in [7, 11) is 0. The molecule has 6 nitrogen and oxygen atoms in total. The van der Waals surface area contributed by atoms with Crippen LogP contribution in [0.2, 0.25) is 0 Å². The van der Waals surface area contributed by atoms with Crippen LogP contribution in [-0.2, 0) is 0 Å². The molecule has 106 valence electrons. The number of hydrogen-bond acceptors (Lipinski definition) is 4. The minimum atomic E-state index is -0.190. The van der Waals surface area contributed by atoms with E-state index in [0.29, 0.717) is 11.2 Å². The molecule has 2 aromatic rings. The molecule has 0 aromatic carbocycles. The molecule has 1 fully saturated rings. The Labute approximate surface area is 117 Å². The summed E-state index contributed by atoms with van der Waals surface area (Å²) in [6.45, 7) is 7.66. The number of fused-ring (bicyclic) bond motifs is 1. The Morgan fingerprint density at radius 1 is 1.50 bits per heavy atom. The standard InChI is InChI=1S/C14H19N5O/c1-9-6-10(2)19-12(17-9)11(7-16-19)13(20)18-14(3)4-5-15-8-14/h6-7,15H,4-5,8H2,1-3H3,(H,18,20). The predicted octanol–water partition coefficient (Wildman–Crippen LogP) is 0.828. The maximum absolute atomic E-state index is 12.5. The average Bonchev–Trinajstić information content (AvgIpc) is 2.95.